The summed E-state index contributed by atoms with van der Waals surface area (Å²) in [5.74, 6) is 0.0376. The number of aromatic nitrogens is 3. The zero-order valence-electron chi connectivity index (χ0n) is 10.1. The number of carbonyl (C=O) groups is 1. The standard InChI is InChI=1S/C9H13N5O3S/c1-6(2)17-12-7(9(15)18)8(13-16-3)14-5-10-4-11-14/h4-6H,1-3H3,(H,15,18). The van der Waals surface area contributed by atoms with Crippen molar-refractivity contribution in [3.05, 3.63) is 12.7 Å². The SMILES string of the molecule is CON=C(C(=NOC(C)C)C(=O)S)n1cncn1. The Morgan fingerprint density at radius 3 is 2.61 bits per heavy atom. The molecule has 9 heteroatoms. The summed E-state index contributed by atoms with van der Waals surface area (Å²) in [7, 11) is 1.33. The van der Waals surface area contributed by atoms with Crippen LogP contribution in [-0.4, -0.2) is 44.6 Å². The topological polar surface area (TPSA) is 91.0 Å². The van der Waals surface area contributed by atoms with Crippen molar-refractivity contribution in [2.75, 3.05) is 7.11 Å². The van der Waals surface area contributed by atoms with Gasteiger partial charge in [0.05, 0.1) is 0 Å². The molecule has 18 heavy (non-hydrogen) atoms. The molecule has 0 fully saturated rings. The summed E-state index contributed by atoms with van der Waals surface area (Å²) in [6, 6.07) is 0. The number of rotatable bonds is 5. The third kappa shape index (κ3) is 3.84. The quantitative estimate of drug-likeness (QED) is 0.360. The van der Waals surface area contributed by atoms with Crippen LogP contribution < -0.4 is 0 Å². The van der Waals surface area contributed by atoms with Crippen molar-refractivity contribution in [2.45, 2.75) is 20.0 Å². The van der Waals surface area contributed by atoms with Gasteiger partial charge in [-0.25, -0.2) is 4.98 Å². The van der Waals surface area contributed by atoms with Crippen LogP contribution in [0.4, 0.5) is 0 Å². The zero-order valence-corrected chi connectivity index (χ0v) is 11.0. The molecule has 0 aromatic carbocycles. The maximum absolute atomic E-state index is 11.4. The van der Waals surface area contributed by atoms with Crippen LogP contribution in [0.2, 0.25) is 0 Å². The van der Waals surface area contributed by atoms with Gasteiger partial charge < -0.3 is 9.68 Å². The van der Waals surface area contributed by atoms with Crippen molar-refractivity contribution in [1.29, 1.82) is 0 Å². The van der Waals surface area contributed by atoms with E-state index in [0.717, 1.165) is 0 Å². The highest BCUT2D eigenvalue weighted by molar-refractivity contribution is 7.99. The molecule has 0 aliphatic carbocycles. The summed E-state index contributed by atoms with van der Waals surface area (Å²) >= 11 is 3.71. The average molecular weight is 271 g/mol. The molecule has 0 saturated heterocycles. The van der Waals surface area contributed by atoms with Crippen LogP contribution in [0.25, 0.3) is 0 Å². The van der Waals surface area contributed by atoms with Crippen molar-refractivity contribution < 1.29 is 14.5 Å². The lowest BCUT2D eigenvalue weighted by molar-refractivity contribution is -0.105. The summed E-state index contributed by atoms with van der Waals surface area (Å²) < 4.78 is 1.22. The summed E-state index contributed by atoms with van der Waals surface area (Å²) in [4.78, 5) is 24.8. The minimum Gasteiger partial charge on any atom is -0.397 e. The predicted octanol–water partition coefficient (Wildman–Crippen LogP) is 0.324. The molecular formula is C9H13N5O3S. The molecule has 98 valence electrons. The van der Waals surface area contributed by atoms with Gasteiger partial charge in [0, 0.05) is 0 Å². The largest absolute Gasteiger partial charge is 0.397 e. The van der Waals surface area contributed by atoms with E-state index in [-0.39, 0.29) is 17.7 Å². The van der Waals surface area contributed by atoms with Gasteiger partial charge in [-0.15, -0.1) is 0 Å². The van der Waals surface area contributed by atoms with Gasteiger partial charge in [0.25, 0.3) is 0 Å². The molecule has 0 radical (unpaired) electrons. The van der Waals surface area contributed by atoms with Gasteiger partial charge in [0.1, 0.15) is 25.9 Å². The molecule has 0 spiro atoms. The fraction of sp³-hybridized carbons (Fsp3) is 0.444. The highest BCUT2D eigenvalue weighted by atomic mass is 32.1. The normalized spacial score (nSPS) is 12.7. The van der Waals surface area contributed by atoms with Crippen molar-refractivity contribution in [3.63, 3.8) is 0 Å². The first-order chi connectivity index (χ1) is 8.56. The van der Waals surface area contributed by atoms with E-state index < -0.39 is 5.12 Å². The first-order valence-electron chi connectivity index (χ1n) is 5.00. The minimum absolute atomic E-state index is 0.0376. The van der Waals surface area contributed by atoms with Crippen molar-refractivity contribution in [3.8, 4) is 0 Å². The Balaban J connectivity index is 3.12. The second kappa shape index (κ2) is 6.74. The number of hydrogen-bond acceptors (Lipinski definition) is 7. The van der Waals surface area contributed by atoms with E-state index in [1.54, 1.807) is 13.8 Å². The number of oxime groups is 2. The second-order valence-corrected chi connectivity index (χ2v) is 3.74. The average Bonchev–Trinajstić information content (AvgIpc) is 2.80. The van der Waals surface area contributed by atoms with E-state index in [0.29, 0.717) is 0 Å². The molecule has 1 aromatic rings. The van der Waals surface area contributed by atoms with Gasteiger partial charge in [-0.05, 0) is 13.8 Å². The Labute approximate surface area is 109 Å². The van der Waals surface area contributed by atoms with Gasteiger partial charge in [-0.1, -0.05) is 22.9 Å². The van der Waals surface area contributed by atoms with Gasteiger partial charge in [0.15, 0.2) is 0 Å². The molecule has 0 aliphatic heterocycles. The third-order valence-corrected chi connectivity index (χ3v) is 1.79. The molecule has 8 nitrogen and oxygen atoms in total. The lowest BCUT2D eigenvalue weighted by Gasteiger charge is -2.07. The maximum Gasteiger partial charge on any atom is 0.242 e. The Bertz CT molecular complexity index is 455. The summed E-state index contributed by atoms with van der Waals surface area (Å²) in [5.41, 5.74) is -0.126. The predicted molar refractivity (Wildman–Crippen MR) is 67.5 cm³/mol. The highest BCUT2D eigenvalue weighted by Crippen LogP contribution is 1.99. The third-order valence-electron chi connectivity index (χ3n) is 1.58. The Morgan fingerprint density at radius 1 is 1.44 bits per heavy atom. The fourth-order valence-electron chi connectivity index (χ4n) is 0.931. The smallest absolute Gasteiger partial charge is 0.242 e. The van der Waals surface area contributed by atoms with Crippen molar-refractivity contribution in [2.24, 2.45) is 10.3 Å². The molecule has 0 bridgehead atoms. The molecule has 0 amide bonds. The van der Waals surface area contributed by atoms with Crippen LogP contribution >= 0.6 is 12.6 Å². The van der Waals surface area contributed by atoms with Gasteiger partial charge in [-0.3, -0.25) is 4.79 Å². The van der Waals surface area contributed by atoms with Gasteiger partial charge in [0.2, 0.25) is 16.7 Å². The Hall–Kier alpha value is -1.90. The lowest BCUT2D eigenvalue weighted by atomic mass is 10.4. The summed E-state index contributed by atoms with van der Waals surface area (Å²) in [5, 5.41) is 10.6. The Morgan fingerprint density at radius 2 is 2.17 bits per heavy atom. The van der Waals surface area contributed by atoms with Crippen LogP contribution in [0.15, 0.2) is 23.0 Å². The van der Waals surface area contributed by atoms with Gasteiger partial charge in [-0.2, -0.15) is 9.78 Å². The molecule has 1 heterocycles. The van der Waals surface area contributed by atoms with Crippen molar-refractivity contribution in [1.82, 2.24) is 14.8 Å². The monoisotopic (exact) mass is 271 g/mol. The van der Waals surface area contributed by atoms with E-state index in [1.807, 2.05) is 0 Å². The van der Waals surface area contributed by atoms with E-state index in [2.05, 4.69) is 37.9 Å². The van der Waals surface area contributed by atoms with E-state index in [1.165, 1.54) is 24.4 Å². The summed E-state index contributed by atoms with van der Waals surface area (Å²) in [6.45, 7) is 3.54. The first-order valence-corrected chi connectivity index (χ1v) is 5.44. The molecular weight excluding hydrogens is 258 g/mol. The molecule has 1 aromatic heterocycles. The molecule has 0 aliphatic rings. The fourth-order valence-corrected chi connectivity index (χ4v) is 1.07. The Kier molecular flexibility index (Phi) is 5.31. The maximum atomic E-state index is 11.4. The summed E-state index contributed by atoms with van der Waals surface area (Å²) in [6.07, 6.45) is 2.45. The van der Waals surface area contributed by atoms with Gasteiger partial charge >= 0.3 is 0 Å². The number of thiol groups is 1. The van der Waals surface area contributed by atoms with Crippen LogP contribution in [0.1, 0.15) is 13.8 Å². The van der Waals surface area contributed by atoms with Crippen LogP contribution in [-0.2, 0) is 14.5 Å². The molecule has 1 rings (SSSR count). The van der Waals surface area contributed by atoms with E-state index in [9.17, 15) is 4.79 Å². The number of nitrogens with zero attached hydrogens (tertiary/aromatic N) is 5. The zero-order chi connectivity index (χ0) is 13.5. The van der Waals surface area contributed by atoms with Crippen LogP contribution in [0.5, 0.6) is 0 Å². The van der Waals surface area contributed by atoms with E-state index in [4.69, 9.17) is 4.84 Å². The van der Waals surface area contributed by atoms with Crippen LogP contribution in [0, 0.1) is 0 Å². The second-order valence-electron chi connectivity index (χ2n) is 3.34. The molecule has 0 unspecified atom stereocenters. The lowest BCUT2D eigenvalue weighted by Crippen LogP contribution is -2.29. The molecule has 0 atom stereocenters. The van der Waals surface area contributed by atoms with Crippen molar-refractivity contribution >= 4 is 29.3 Å². The minimum atomic E-state index is -0.623. The number of carbonyl (C=O) groups excluding carboxylic acids is 1. The highest BCUT2D eigenvalue weighted by Gasteiger charge is 2.20. The molecule has 0 N–H and O–H groups in total. The van der Waals surface area contributed by atoms with E-state index >= 15 is 0 Å². The first kappa shape index (κ1) is 14.2. The molecule has 0 saturated carbocycles. The van der Waals surface area contributed by atoms with Crippen LogP contribution in [0.3, 0.4) is 0 Å². The number of hydrogen-bond donors (Lipinski definition) is 1.